The molecule has 3 rings (SSSR count). The monoisotopic (exact) mass is 409 g/mol. The van der Waals surface area contributed by atoms with Gasteiger partial charge in [0.25, 0.3) is 5.91 Å². The fourth-order valence-corrected chi connectivity index (χ4v) is 4.62. The first-order valence-electron chi connectivity index (χ1n) is 9.31. The normalized spacial score (nSPS) is 12.5. The van der Waals surface area contributed by atoms with Crippen molar-refractivity contribution in [3.63, 3.8) is 0 Å². The molecule has 1 amide bonds. The smallest absolute Gasteiger partial charge is 0.251 e. The number of amides is 1. The number of sulfone groups is 1. The van der Waals surface area contributed by atoms with Crippen molar-refractivity contribution >= 4 is 15.7 Å². The van der Waals surface area contributed by atoms with Crippen LogP contribution in [-0.4, -0.2) is 30.8 Å². The number of carbonyl (C=O) groups excluding carboxylic acids is 1. The maximum atomic E-state index is 13.4. The Morgan fingerprint density at radius 3 is 2.21 bits per heavy atom. The van der Waals surface area contributed by atoms with Crippen LogP contribution in [0.4, 0.5) is 0 Å². The Bertz CT molecular complexity index is 1050. The van der Waals surface area contributed by atoms with Gasteiger partial charge in [0.15, 0.2) is 9.84 Å². The van der Waals surface area contributed by atoms with E-state index in [1.165, 1.54) is 18.6 Å². The van der Waals surface area contributed by atoms with Crippen molar-refractivity contribution in [1.82, 2.24) is 15.3 Å². The van der Waals surface area contributed by atoms with Crippen molar-refractivity contribution < 1.29 is 13.2 Å². The van der Waals surface area contributed by atoms with Crippen LogP contribution in [0.1, 0.15) is 46.5 Å². The molecule has 0 saturated heterocycles. The summed E-state index contributed by atoms with van der Waals surface area (Å²) in [7, 11) is -3.74. The second-order valence-electron chi connectivity index (χ2n) is 6.99. The summed E-state index contributed by atoms with van der Waals surface area (Å²) in [6, 6.07) is 13.4. The summed E-state index contributed by atoms with van der Waals surface area (Å²) in [5, 5.41) is 1.78. The Morgan fingerprint density at radius 2 is 1.62 bits per heavy atom. The van der Waals surface area contributed by atoms with Gasteiger partial charge >= 0.3 is 0 Å². The minimum atomic E-state index is -3.74. The van der Waals surface area contributed by atoms with Crippen molar-refractivity contribution in [2.45, 2.75) is 29.9 Å². The number of nitrogens with zero attached hydrogens (tertiary/aromatic N) is 2. The topological polar surface area (TPSA) is 89.0 Å². The van der Waals surface area contributed by atoms with Crippen molar-refractivity contribution in [3.05, 3.63) is 90.0 Å². The van der Waals surface area contributed by atoms with E-state index in [4.69, 9.17) is 0 Å². The van der Waals surface area contributed by atoms with E-state index in [0.29, 0.717) is 17.0 Å². The van der Waals surface area contributed by atoms with Crippen LogP contribution in [0.3, 0.4) is 0 Å². The minimum absolute atomic E-state index is 0.0683. The molecule has 0 radical (unpaired) electrons. The third-order valence-corrected chi connectivity index (χ3v) is 6.81. The van der Waals surface area contributed by atoms with E-state index >= 15 is 0 Å². The molecule has 1 atom stereocenters. The Balaban J connectivity index is 1.90. The van der Waals surface area contributed by atoms with Crippen LogP contribution >= 0.6 is 0 Å². The number of rotatable bonds is 7. The molecule has 2 heterocycles. The summed E-state index contributed by atoms with van der Waals surface area (Å²) in [6.07, 6.45) is 6.13. The van der Waals surface area contributed by atoms with Gasteiger partial charge in [-0.05, 0) is 47.4 Å². The van der Waals surface area contributed by atoms with Crippen LogP contribution in [0.5, 0.6) is 0 Å². The van der Waals surface area contributed by atoms with Gasteiger partial charge in [-0.2, -0.15) is 0 Å². The molecular formula is C22H23N3O3S. The van der Waals surface area contributed by atoms with Gasteiger partial charge in [-0.15, -0.1) is 0 Å². The van der Waals surface area contributed by atoms with Crippen molar-refractivity contribution in [2.24, 2.45) is 0 Å². The standard InChI is InChI=1S/C22H23N3O3S/c1-16(2)17-5-7-20(8-6-17)29(27,28)21(19-4-3-11-24-14-19)15-25-22(26)18-9-12-23-13-10-18/h3-14,16,21H,15H2,1-2H3,(H,25,26)/t21-/m0/s1. The van der Waals surface area contributed by atoms with Crippen molar-refractivity contribution in [2.75, 3.05) is 6.54 Å². The highest BCUT2D eigenvalue weighted by molar-refractivity contribution is 7.91. The summed E-state index contributed by atoms with van der Waals surface area (Å²) >= 11 is 0. The molecule has 0 bridgehead atoms. The van der Waals surface area contributed by atoms with Crippen molar-refractivity contribution in [1.29, 1.82) is 0 Å². The van der Waals surface area contributed by atoms with E-state index in [9.17, 15) is 13.2 Å². The SMILES string of the molecule is CC(C)c1ccc(S(=O)(=O)[C@@H](CNC(=O)c2ccncc2)c2cccnc2)cc1. The van der Waals surface area contributed by atoms with Gasteiger partial charge in [0.1, 0.15) is 5.25 Å². The predicted octanol–water partition coefficient (Wildman–Crippen LogP) is 3.55. The Kier molecular flexibility index (Phi) is 6.39. The zero-order chi connectivity index (χ0) is 20.9. The average Bonchev–Trinajstić information content (AvgIpc) is 2.75. The first-order valence-corrected chi connectivity index (χ1v) is 10.9. The number of carbonyl (C=O) groups is 1. The lowest BCUT2D eigenvalue weighted by Gasteiger charge is -2.19. The second kappa shape index (κ2) is 8.96. The quantitative estimate of drug-likeness (QED) is 0.645. The largest absolute Gasteiger partial charge is 0.350 e. The van der Waals surface area contributed by atoms with Gasteiger partial charge in [0.2, 0.25) is 0 Å². The molecular weight excluding hydrogens is 386 g/mol. The number of pyridine rings is 2. The molecule has 6 nitrogen and oxygen atoms in total. The molecule has 1 aromatic carbocycles. The number of nitrogens with one attached hydrogen (secondary N) is 1. The zero-order valence-corrected chi connectivity index (χ0v) is 17.1. The molecule has 0 fully saturated rings. The number of hydrogen-bond acceptors (Lipinski definition) is 5. The fourth-order valence-electron chi connectivity index (χ4n) is 2.97. The number of hydrogen-bond donors (Lipinski definition) is 1. The van der Waals surface area contributed by atoms with Crippen LogP contribution < -0.4 is 5.32 Å². The fraction of sp³-hybridized carbons (Fsp3) is 0.227. The summed E-state index contributed by atoms with van der Waals surface area (Å²) in [5.41, 5.74) is 2.01. The summed E-state index contributed by atoms with van der Waals surface area (Å²) < 4.78 is 26.7. The summed E-state index contributed by atoms with van der Waals surface area (Å²) in [5.74, 6) is -0.0489. The minimum Gasteiger partial charge on any atom is -0.350 e. The van der Waals surface area contributed by atoms with Gasteiger partial charge in [-0.3, -0.25) is 14.8 Å². The van der Waals surface area contributed by atoms with Crippen LogP contribution in [-0.2, 0) is 9.84 Å². The van der Waals surface area contributed by atoms with E-state index in [1.807, 2.05) is 12.1 Å². The van der Waals surface area contributed by atoms with Gasteiger partial charge in [0, 0.05) is 36.9 Å². The van der Waals surface area contributed by atoms with Crippen LogP contribution in [0.2, 0.25) is 0 Å². The van der Waals surface area contributed by atoms with E-state index in [-0.39, 0.29) is 17.3 Å². The van der Waals surface area contributed by atoms with E-state index in [1.54, 1.807) is 42.6 Å². The molecule has 0 aliphatic rings. The lowest BCUT2D eigenvalue weighted by Crippen LogP contribution is -2.32. The molecule has 0 aliphatic carbocycles. The third kappa shape index (κ3) is 4.86. The lowest BCUT2D eigenvalue weighted by atomic mass is 10.0. The van der Waals surface area contributed by atoms with Crippen molar-refractivity contribution in [3.8, 4) is 0 Å². The summed E-state index contributed by atoms with van der Waals surface area (Å²) in [6.45, 7) is 4.04. The van der Waals surface area contributed by atoms with E-state index in [0.717, 1.165) is 5.56 Å². The predicted molar refractivity (Wildman–Crippen MR) is 111 cm³/mol. The second-order valence-corrected chi connectivity index (χ2v) is 9.12. The Labute approximate surface area is 171 Å². The highest BCUT2D eigenvalue weighted by Crippen LogP contribution is 2.29. The van der Waals surface area contributed by atoms with Gasteiger partial charge in [-0.1, -0.05) is 32.0 Å². The van der Waals surface area contributed by atoms with E-state index in [2.05, 4.69) is 29.1 Å². The maximum Gasteiger partial charge on any atom is 0.251 e. The number of benzene rings is 1. The molecule has 7 heteroatoms. The van der Waals surface area contributed by atoms with E-state index < -0.39 is 15.1 Å². The molecule has 150 valence electrons. The van der Waals surface area contributed by atoms with Gasteiger partial charge in [0.05, 0.1) is 4.90 Å². The third-order valence-electron chi connectivity index (χ3n) is 4.70. The maximum absolute atomic E-state index is 13.4. The molecule has 2 aromatic heterocycles. The highest BCUT2D eigenvalue weighted by atomic mass is 32.2. The first kappa shape index (κ1) is 20.7. The Morgan fingerprint density at radius 1 is 0.931 bits per heavy atom. The first-order chi connectivity index (χ1) is 13.9. The molecule has 29 heavy (non-hydrogen) atoms. The average molecular weight is 410 g/mol. The molecule has 3 aromatic rings. The summed E-state index contributed by atoms with van der Waals surface area (Å²) in [4.78, 5) is 20.6. The van der Waals surface area contributed by atoms with Gasteiger partial charge < -0.3 is 5.32 Å². The molecule has 1 N–H and O–H groups in total. The molecule has 0 unspecified atom stereocenters. The highest BCUT2D eigenvalue weighted by Gasteiger charge is 2.30. The number of aromatic nitrogens is 2. The molecule has 0 aliphatic heterocycles. The van der Waals surface area contributed by atoms with Gasteiger partial charge in [-0.25, -0.2) is 8.42 Å². The zero-order valence-electron chi connectivity index (χ0n) is 16.3. The molecule has 0 saturated carbocycles. The van der Waals surface area contributed by atoms with Crippen LogP contribution in [0, 0.1) is 0 Å². The Hall–Kier alpha value is -3.06. The lowest BCUT2D eigenvalue weighted by molar-refractivity contribution is 0.0953. The van der Waals surface area contributed by atoms with Crippen LogP contribution in [0.15, 0.2) is 78.2 Å². The van der Waals surface area contributed by atoms with Crippen LogP contribution in [0.25, 0.3) is 0 Å². The molecule has 0 spiro atoms.